The summed E-state index contributed by atoms with van der Waals surface area (Å²) in [5.41, 5.74) is 1.79. The Hall–Kier alpha value is -1.42. The monoisotopic (exact) mass is 532 g/mol. The Morgan fingerprint density at radius 3 is 2.48 bits per heavy atom. The van der Waals surface area contributed by atoms with Crippen molar-refractivity contribution in [3.05, 3.63) is 70.5 Å². The normalized spacial score (nSPS) is 16.0. The van der Waals surface area contributed by atoms with Gasteiger partial charge in [0.1, 0.15) is 5.82 Å². The summed E-state index contributed by atoms with van der Waals surface area (Å²) < 4.78 is 19.3. The standard InChI is InChI=1S/C21H26ClFN4O.HI/c1-24-21(25-14-17-4-2-3-5-19(17)23)26-15-20(27-10-12-28-13-11-27)16-6-8-18(22)9-7-16;/h2-9,20H,10-15H2,1H3,(H2,24,25,26);1H. The van der Waals surface area contributed by atoms with Gasteiger partial charge in [0.05, 0.1) is 19.3 Å². The van der Waals surface area contributed by atoms with Gasteiger partial charge < -0.3 is 15.4 Å². The molecule has 5 nitrogen and oxygen atoms in total. The molecule has 1 fully saturated rings. The molecular formula is C21H27ClFIN4O. The first-order valence-corrected chi connectivity index (χ1v) is 9.80. The van der Waals surface area contributed by atoms with Crippen molar-refractivity contribution in [2.75, 3.05) is 39.9 Å². The maximum atomic E-state index is 13.8. The van der Waals surface area contributed by atoms with Crippen LogP contribution in [0, 0.1) is 5.82 Å². The topological polar surface area (TPSA) is 48.9 Å². The fourth-order valence-electron chi connectivity index (χ4n) is 3.27. The molecule has 0 amide bonds. The maximum Gasteiger partial charge on any atom is 0.191 e. The van der Waals surface area contributed by atoms with Gasteiger partial charge in [-0.15, -0.1) is 24.0 Å². The number of aliphatic imine (C=N–C) groups is 1. The van der Waals surface area contributed by atoms with E-state index in [0.29, 0.717) is 24.6 Å². The maximum absolute atomic E-state index is 13.8. The van der Waals surface area contributed by atoms with Crippen molar-refractivity contribution in [1.82, 2.24) is 15.5 Å². The second-order valence-corrected chi connectivity index (χ2v) is 7.05. The molecule has 1 saturated heterocycles. The van der Waals surface area contributed by atoms with Crippen molar-refractivity contribution >= 4 is 41.5 Å². The highest BCUT2D eigenvalue weighted by Gasteiger charge is 2.23. The number of ether oxygens (including phenoxy) is 1. The van der Waals surface area contributed by atoms with Gasteiger partial charge in [-0.05, 0) is 23.8 Å². The zero-order chi connectivity index (χ0) is 19.8. The number of guanidine groups is 1. The SMILES string of the molecule is CN=C(NCc1ccccc1F)NCC(c1ccc(Cl)cc1)N1CCOCC1.I. The summed E-state index contributed by atoms with van der Waals surface area (Å²) in [6.07, 6.45) is 0. The number of nitrogens with one attached hydrogen (secondary N) is 2. The predicted octanol–water partition coefficient (Wildman–Crippen LogP) is 3.84. The number of hydrogen-bond donors (Lipinski definition) is 2. The summed E-state index contributed by atoms with van der Waals surface area (Å²) in [6, 6.07) is 14.8. The molecule has 2 aromatic rings. The first-order valence-electron chi connectivity index (χ1n) is 9.42. The largest absolute Gasteiger partial charge is 0.379 e. The Labute approximate surface area is 193 Å². The first-order chi connectivity index (χ1) is 13.7. The van der Waals surface area contributed by atoms with E-state index in [-0.39, 0.29) is 35.8 Å². The van der Waals surface area contributed by atoms with E-state index in [4.69, 9.17) is 16.3 Å². The van der Waals surface area contributed by atoms with E-state index in [0.717, 1.165) is 31.3 Å². The molecule has 0 saturated carbocycles. The summed E-state index contributed by atoms with van der Waals surface area (Å²) in [7, 11) is 1.71. The molecular weight excluding hydrogens is 506 g/mol. The van der Waals surface area contributed by atoms with Crippen molar-refractivity contribution in [3.63, 3.8) is 0 Å². The third kappa shape index (κ3) is 7.09. The first kappa shape index (κ1) is 23.9. The highest BCUT2D eigenvalue weighted by molar-refractivity contribution is 14.0. The van der Waals surface area contributed by atoms with Gasteiger partial charge in [-0.1, -0.05) is 41.9 Å². The van der Waals surface area contributed by atoms with Gasteiger partial charge in [0.15, 0.2) is 5.96 Å². The van der Waals surface area contributed by atoms with E-state index in [2.05, 4.69) is 32.7 Å². The lowest BCUT2D eigenvalue weighted by Gasteiger charge is -2.35. The van der Waals surface area contributed by atoms with Crippen molar-refractivity contribution in [2.45, 2.75) is 12.6 Å². The zero-order valence-electron chi connectivity index (χ0n) is 16.4. The predicted molar refractivity (Wildman–Crippen MR) is 127 cm³/mol. The highest BCUT2D eigenvalue weighted by atomic mass is 127. The lowest BCUT2D eigenvalue weighted by molar-refractivity contribution is 0.0170. The van der Waals surface area contributed by atoms with E-state index in [1.807, 2.05) is 18.2 Å². The second-order valence-electron chi connectivity index (χ2n) is 6.61. The summed E-state index contributed by atoms with van der Waals surface area (Å²) in [5, 5.41) is 7.27. The van der Waals surface area contributed by atoms with Gasteiger partial charge >= 0.3 is 0 Å². The average molecular weight is 533 g/mol. The lowest BCUT2D eigenvalue weighted by Crippen LogP contribution is -2.46. The summed E-state index contributed by atoms with van der Waals surface area (Å²) in [5.74, 6) is 0.410. The van der Waals surface area contributed by atoms with Crippen LogP contribution in [0.3, 0.4) is 0 Å². The van der Waals surface area contributed by atoms with Gasteiger partial charge in [-0.2, -0.15) is 0 Å². The molecule has 2 aromatic carbocycles. The van der Waals surface area contributed by atoms with Crippen LogP contribution >= 0.6 is 35.6 Å². The van der Waals surface area contributed by atoms with Crippen LogP contribution in [0.5, 0.6) is 0 Å². The Bertz CT molecular complexity index is 785. The fourth-order valence-corrected chi connectivity index (χ4v) is 3.39. The molecule has 1 aliphatic heterocycles. The lowest BCUT2D eigenvalue weighted by atomic mass is 10.0. The van der Waals surface area contributed by atoms with E-state index < -0.39 is 0 Å². The third-order valence-corrected chi connectivity index (χ3v) is 5.08. The van der Waals surface area contributed by atoms with Crippen LogP contribution in [0.25, 0.3) is 0 Å². The number of hydrogen-bond acceptors (Lipinski definition) is 3. The highest BCUT2D eigenvalue weighted by Crippen LogP contribution is 2.23. The fraction of sp³-hybridized carbons (Fsp3) is 0.381. The van der Waals surface area contributed by atoms with Gasteiger partial charge in [0, 0.05) is 43.8 Å². The number of morpholine rings is 1. The van der Waals surface area contributed by atoms with E-state index in [1.54, 1.807) is 19.2 Å². The van der Waals surface area contributed by atoms with Crippen molar-refractivity contribution in [3.8, 4) is 0 Å². The van der Waals surface area contributed by atoms with Crippen LogP contribution in [-0.4, -0.2) is 50.8 Å². The van der Waals surface area contributed by atoms with E-state index >= 15 is 0 Å². The molecule has 1 heterocycles. The number of rotatable bonds is 6. The molecule has 0 aromatic heterocycles. The van der Waals surface area contributed by atoms with Crippen LogP contribution in [0.1, 0.15) is 17.2 Å². The Morgan fingerprint density at radius 2 is 1.83 bits per heavy atom. The van der Waals surface area contributed by atoms with Gasteiger partial charge in [-0.25, -0.2) is 4.39 Å². The Morgan fingerprint density at radius 1 is 1.14 bits per heavy atom. The minimum Gasteiger partial charge on any atom is -0.379 e. The second kappa shape index (κ2) is 12.3. The molecule has 158 valence electrons. The number of halogens is 3. The van der Waals surface area contributed by atoms with Gasteiger partial charge in [-0.3, -0.25) is 9.89 Å². The molecule has 1 aliphatic rings. The summed E-state index contributed by atoms with van der Waals surface area (Å²) in [4.78, 5) is 6.66. The van der Waals surface area contributed by atoms with Crippen LogP contribution in [-0.2, 0) is 11.3 Å². The van der Waals surface area contributed by atoms with Crippen LogP contribution in [0.2, 0.25) is 5.02 Å². The van der Waals surface area contributed by atoms with Crippen LogP contribution in [0.4, 0.5) is 4.39 Å². The molecule has 1 unspecified atom stereocenters. The molecule has 1 atom stereocenters. The minimum absolute atomic E-state index is 0. The summed E-state index contributed by atoms with van der Waals surface area (Å²) >= 11 is 6.06. The van der Waals surface area contributed by atoms with Crippen LogP contribution < -0.4 is 10.6 Å². The molecule has 8 heteroatoms. The molecule has 29 heavy (non-hydrogen) atoms. The molecule has 0 spiro atoms. The number of benzene rings is 2. The zero-order valence-corrected chi connectivity index (χ0v) is 19.5. The quantitative estimate of drug-likeness (QED) is 0.337. The van der Waals surface area contributed by atoms with E-state index in [9.17, 15) is 4.39 Å². The third-order valence-electron chi connectivity index (χ3n) is 4.83. The Balaban J connectivity index is 0.00000300. The molecule has 2 N–H and O–H groups in total. The van der Waals surface area contributed by atoms with Gasteiger partial charge in [0.2, 0.25) is 0 Å². The van der Waals surface area contributed by atoms with Crippen molar-refractivity contribution in [2.24, 2.45) is 4.99 Å². The van der Waals surface area contributed by atoms with Crippen molar-refractivity contribution in [1.29, 1.82) is 0 Å². The smallest absolute Gasteiger partial charge is 0.191 e. The molecule has 0 radical (unpaired) electrons. The van der Waals surface area contributed by atoms with Crippen LogP contribution in [0.15, 0.2) is 53.5 Å². The summed E-state index contributed by atoms with van der Waals surface area (Å²) in [6.45, 7) is 4.23. The Kier molecular flexibility index (Phi) is 10.1. The minimum atomic E-state index is -0.224. The molecule has 3 rings (SSSR count). The van der Waals surface area contributed by atoms with Crippen molar-refractivity contribution < 1.29 is 9.13 Å². The average Bonchev–Trinajstić information content (AvgIpc) is 2.73. The number of nitrogens with zero attached hydrogens (tertiary/aromatic N) is 2. The molecule has 0 aliphatic carbocycles. The molecule has 0 bridgehead atoms. The van der Waals surface area contributed by atoms with Gasteiger partial charge in [0.25, 0.3) is 0 Å². The van der Waals surface area contributed by atoms with E-state index in [1.165, 1.54) is 11.6 Å².